The van der Waals surface area contributed by atoms with Crippen molar-refractivity contribution in [2.75, 3.05) is 11.9 Å². The van der Waals surface area contributed by atoms with E-state index >= 15 is 0 Å². The summed E-state index contributed by atoms with van der Waals surface area (Å²) in [5.74, 6) is -1.55. The molecule has 2 aromatic carbocycles. The lowest BCUT2D eigenvalue weighted by atomic mass is 10.00. The van der Waals surface area contributed by atoms with E-state index < -0.39 is 17.9 Å². The first-order chi connectivity index (χ1) is 13.2. The fourth-order valence-electron chi connectivity index (χ4n) is 2.65. The predicted molar refractivity (Wildman–Crippen MR) is 110 cm³/mol. The minimum absolute atomic E-state index is 0.0805. The van der Waals surface area contributed by atoms with E-state index in [-0.39, 0.29) is 12.4 Å². The number of primary amides is 1. The Morgan fingerprint density at radius 1 is 1.25 bits per heavy atom. The van der Waals surface area contributed by atoms with Crippen molar-refractivity contribution in [1.82, 2.24) is 0 Å². The quantitative estimate of drug-likeness (QED) is 0.293. The van der Waals surface area contributed by atoms with Crippen LogP contribution < -0.4 is 21.5 Å². The number of carbonyl (C=O) groups is 2. The van der Waals surface area contributed by atoms with Crippen molar-refractivity contribution in [3.05, 3.63) is 57.6 Å². The van der Waals surface area contributed by atoms with Gasteiger partial charge in [0.05, 0.1) is 0 Å². The zero-order chi connectivity index (χ0) is 20.8. The topological polar surface area (TPSA) is 152 Å². The number of nitrogens with one attached hydrogen (secondary N) is 2. The fraction of sp³-hybridized carbons (Fsp3) is 0.211. The van der Waals surface area contributed by atoms with Crippen LogP contribution in [0.1, 0.15) is 29.7 Å². The number of ether oxygens (including phenoxy) is 1. The van der Waals surface area contributed by atoms with E-state index in [4.69, 9.17) is 21.6 Å². The third kappa shape index (κ3) is 5.23. The Morgan fingerprint density at radius 3 is 2.39 bits per heavy atom. The molecule has 0 heterocycles. The highest BCUT2D eigenvalue weighted by Gasteiger charge is 2.26. The summed E-state index contributed by atoms with van der Waals surface area (Å²) in [6.45, 7) is 1.54. The molecule has 0 spiro atoms. The number of amides is 1. The van der Waals surface area contributed by atoms with Crippen molar-refractivity contribution < 1.29 is 19.4 Å². The summed E-state index contributed by atoms with van der Waals surface area (Å²) in [5, 5.41) is 20.2. The molecule has 0 aliphatic heterocycles. The first-order valence-corrected chi connectivity index (χ1v) is 9.19. The first kappa shape index (κ1) is 21.2. The van der Waals surface area contributed by atoms with E-state index in [9.17, 15) is 14.7 Å². The monoisotopic (exact) mass is 448 g/mol. The van der Waals surface area contributed by atoms with E-state index in [0.717, 1.165) is 5.56 Å². The molecule has 0 aliphatic rings. The molecule has 1 amide bonds. The number of hydrogen-bond acceptors (Lipinski definition) is 5. The van der Waals surface area contributed by atoms with Gasteiger partial charge in [0.1, 0.15) is 11.6 Å². The molecule has 28 heavy (non-hydrogen) atoms. The number of hydrogen-bond donors (Lipinski definition) is 5. The highest BCUT2D eigenvalue weighted by Crippen LogP contribution is 2.35. The number of anilines is 1. The molecular formula is C19H21BrN4O4. The molecule has 0 fully saturated rings. The number of aliphatic carboxylic acids is 1. The first-order valence-electron chi connectivity index (χ1n) is 8.40. The molecule has 8 nitrogen and oxygen atoms in total. The van der Waals surface area contributed by atoms with Crippen LogP contribution in [0.3, 0.4) is 0 Å². The number of carboxylic acid groups (broad SMARTS) is 1. The third-order valence-corrected chi connectivity index (χ3v) is 4.42. The van der Waals surface area contributed by atoms with Gasteiger partial charge < -0.3 is 26.6 Å². The number of carboxylic acids is 1. The van der Waals surface area contributed by atoms with Gasteiger partial charge in [-0.25, -0.2) is 4.79 Å². The molecule has 7 N–H and O–H groups in total. The Labute approximate surface area is 170 Å². The van der Waals surface area contributed by atoms with Crippen LogP contribution in [0.4, 0.5) is 5.69 Å². The van der Waals surface area contributed by atoms with Gasteiger partial charge in [0.2, 0.25) is 0 Å². The van der Waals surface area contributed by atoms with Crippen LogP contribution in [-0.2, 0) is 16.0 Å². The molecule has 0 radical (unpaired) electrons. The Morgan fingerprint density at radius 2 is 1.89 bits per heavy atom. The number of nitrogens with two attached hydrogens (primary N) is 2. The number of benzene rings is 2. The number of rotatable bonds is 9. The molecule has 2 rings (SSSR count). The number of halogens is 1. The minimum Gasteiger partial charge on any atom is -0.483 e. The summed E-state index contributed by atoms with van der Waals surface area (Å²) >= 11 is 3.39. The Hall–Kier alpha value is -3.07. The largest absolute Gasteiger partial charge is 0.483 e. The van der Waals surface area contributed by atoms with Gasteiger partial charge >= 0.3 is 5.97 Å². The number of nitrogen functional groups attached to an aromatic ring is 1. The molecule has 1 atom stereocenters. The lowest BCUT2D eigenvalue weighted by Crippen LogP contribution is -2.24. The van der Waals surface area contributed by atoms with Gasteiger partial charge in [-0.2, -0.15) is 0 Å². The van der Waals surface area contributed by atoms with Crippen LogP contribution in [0.5, 0.6) is 5.75 Å². The summed E-state index contributed by atoms with van der Waals surface area (Å²) in [6, 6.07) is 8.80. The molecule has 9 heteroatoms. The second-order valence-electron chi connectivity index (χ2n) is 6.00. The highest BCUT2D eigenvalue weighted by atomic mass is 79.9. The zero-order valence-corrected chi connectivity index (χ0v) is 16.7. The predicted octanol–water partition coefficient (Wildman–Crippen LogP) is 2.40. The maximum Gasteiger partial charge on any atom is 0.330 e. The average molecular weight is 449 g/mol. The van der Waals surface area contributed by atoms with Crippen LogP contribution in [0.2, 0.25) is 0 Å². The molecule has 1 unspecified atom stereocenters. The molecule has 0 bridgehead atoms. The van der Waals surface area contributed by atoms with Gasteiger partial charge in [-0.3, -0.25) is 10.2 Å². The SMILES string of the molecule is CCc1cc(Br)cc(C(Nc2ccc(C(=N)N)cc2)C(=O)O)c1OCC(N)=O. The number of amidine groups is 1. The minimum atomic E-state index is -1.14. The average Bonchev–Trinajstić information content (AvgIpc) is 2.64. The van der Waals surface area contributed by atoms with Crippen molar-refractivity contribution in [3.8, 4) is 5.75 Å². The van der Waals surface area contributed by atoms with Gasteiger partial charge in [-0.05, 0) is 48.4 Å². The molecule has 2 aromatic rings. The Bertz CT molecular complexity index is 900. The Balaban J connectivity index is 2.46. The standard InChI is InChI=1S/C19H21BrN4O4/c1-2-10-7-12(20)8-14(17(10)28-9-15(21)25)16(19(26)27)24-13-5-3-11(4-6-13)18(22)23/h3-8,16,24H,2,9H2,1H3,(H2,21,25)(H3,22,23)(H,26,27). The van der Waals surface area contributed by atoms with Gasteiger partial charge in [0.15, 0.2) is 12.6 Å². The normalized spacial score (nSPS) is 11.5. The summed E-state index contributed by atoms with van der Waals surface area (Å²) in [7, 11) is 0. The van der Waals surface area contributed by atoms with Crippen molar-refractivity contribution in [1.29, 1.82) is 5.41 Å². The summed E-state index contributed by atoms with van der Waals surface area (Å²) in [4.78, 5) is 23.2. The third-order valence-electron chi connectivity index (χ3n) is 3.96. The highest BCUT2D eigenvalue weighted by molar-refractivity contribution is 9.10. The second kappa shape index (κ2) is 9.23. The van der Waals surface area contributed by atoms with Gasteiger partial charge in [-0.1, -0.05) is 22.9 Å². The van der Waals surface area contributed by atoms with Crippen LogP contribution >= 0.6 is 15.9 Å². The van der Waals surface area contributed by atoms with Crippen molar-refractivity contribution >= 4 is 39.3 Å². The maximum atomic E-state index is 12.0. The molecular weight excluding hydrogens is 428 g/mol. The van der Waals surface area contributed by atoms with E-state index in [1.165, 1.54) is 0 Å². The number of carbonyl (C=O) groups excluding carboxylic acids is 1. The van der Waals surface area contributed by atoms with Crippen molar-refractivity contribution in [3.63, 3.8) is 0 Å². The molecule has 0 saturated heterocycles. The lowest BCUT2D eigenvalue weighted by molar-refractivity contribution is -0.138. The van der Waals surface area contributed by atoms with E-state index in [2.05, 4.69) is 21.2 Å². The summed E-state index contributed by atoms with van der Waals surface area (Å²) in [6.07, 6.45) is 0.570. The maximum absolute atomic E-state index is 12.0. The summed E-state index contributed by atoms with van der Waals surface area (Å²) < 4.78 is 6.24. The van der Waals surface area contributed by atoms with Crippen LogP contribution in [-0.4, -0.2) is 29.4 Å². The van der Waals surface area contributed by atoms with Crippen molar-refractivity contribution in [2.45, 2.75) is 19.4 Å². The zero-order valence-electron chi connectivity index (χ0n) is 15.2. The van der Waals surface area contributed by atoms with E-state index in [0.29, 0.717) is 33.5 Å². The fourth-order valence-corrected chi connectivity index (χ4v) is 3.18. The van der Waals surface area contributed by atoms with Crippen LogP contribution in [0.15, 0.2) is 40.9 Å². The molecule has 0 aromatic heterocycles. The van der Waals surface area contributed by atoms with Crippen LogP contribution in [0, 0.1) is 5.41 Å². The molecule has 148 valence electrons. The molecule has 0 saturated carbocycles. The lowest BCUT2D eigenvalue weighted by Gasteiger charge is -2.22. The molecule has 0 aliphatic carbocycles. The van der Waals surface area contributed by atoms with E-state index in [1.807, 2.05) is 6.92 Å². The summed E-state index contributed by atoms with van der Waals surface area (Å²) in [5.41, 5.74) is 12.8. The van der Waals surface area contributed by atoms with Gasteiger partial charge in [0.25, 0.3) is 5.91 Å². The van der Waals surface area contributed by atoms with Crippen LogP contribution in [0.25, 0.3) is 0 Å². The second-order valence-corrected chi connectivity index (χ2v) is 6.91. The van der Waals surface area contributed by atoms with E-state index in [1.54, 1.807) is 36.4 Å². The van der Waals surface area contributed by atoms with Gasteiger partial charge in [0, 0.05) is 21.3 Å². The number of aryl methyl sites for hydroxylation is 1. The smallest absolute Gasteiger partial charge is 0.330 e. The Kier molecular flexibility index (Phi) is 7.00. The van der Waals surface area contributed by atoms with Gasteiger partial charge in [-0.15, -0.1) is 0 Å². The van der Waals surface area contributed by atoms with Crippen molar-refractivity contribution in [2.24, 2.45) is 11.5 Å².